The lowest BCUT2D eigenvalue weighted by atomic mass is 10.1. The van der Waals surface area contributed by atoms with Crippen molar-refractivity contribution in [3.63, 3.8) is 0 Å². The van der Waals surface area contributed by atoms with Crippen molar-refractivity contribution >= 4 is 5.69 Å². The van der Waals surface area contributed by atoms with E-state index in [9.17, 15) is 0 Å². The highest BCUT2D eigenvalue weighted by Crippen LogP contribution is 2.32. The first-order valence-electron chi connectivity index (χ1n) is 6.21. The Bertz CT molecular complexity index is 650. The largest absolute Gasteiger partial charge is 0.438 e. The maximum absolute atomic E-state index is 9.07. The van der Waals surface area contributed by atoms with Crippen LogP contribution in [0.15, 0.2) is 24.3 Å². The average Bonchev–Trinajstić information content (AvgIpc) is 2.70. The highest BCUT2D eigenvalue weighted by atomic mass is 16.5. The molecule has 4 heteroatoms. The molecule has 19 heavy (non-hydrogen) atoms. The molecule has 1 heterocycles. The third-order valence-corrected chi connectivity index (χ3v) is 3.06. The zero-order chi connectivity index (χ0) is 14.0. The van der Waals surface area contributed by atoms with Gasteiger partial charge in [-0.05, 0) is 38.0 Å². The third kappa shape index (κ3) is 2.41. The highest BCUT2D eigenvalue weighted by molar-refractivity contribution is 5.57. The Hall–Kier alpha value is -2.41. The van der Waals surface area contributed by atoms with Gasteiger partial charge in [-0.2, -0.15) is 5.26 Å². The first kappa shape index (κ1) is 13.0. The van der Waals surface area contributed by atoms with Gasteiger partial charge in [0.1, 0.15) is 17.5 Å². The van der Waals surface area contributed by atoms with Crippen molar-refractivity contribution in [2.24, 2.45) is 0 Å². The lowest BCUT2D eigenvalue weighted by Crippen LogP contribution is -2.02. The van der Waals surface area contributed by atoms with Crippen LogP contribution in [0.4, 0.5) is 5.69 Å². The van der Waals surface area contributed by atoms with Crippen LogP contribution in [0.25, 0.3) is 0 Å². The van der Waals surface area contributed by atoms with Crippen LogP contribution in [-0.4, -0.2) is 4.57 Å². The molecule has 0 atom stereocenters. The summed E-state index contributed by atoms with van der Waals surface area (Å²) in [4.78, 5) is 0. The van der Waals surface area contributed by atoms with Crippen LogP contribution in [0.5, 0.6) is 11.6 Å². The molecular weight excluding hydrogens is 238 g/mol. The van der Waals surface area contributed by atoms with Crippen molar-refractivity contribution < 1.29 is 4.74 Å². The molecule has 2 N–H and O–H groups in total. The summed E-state index contributed by atoms with van der Waals surface area (Å²) >= 11 is 0. The Balaban J connectivity index is 2.46. The lowest BCUT2D eigenvalue weighted by molar-refractivity contribution is 0.431. The molecule has 2 aromatic rings. The molecule has 0 saturated heterocycles. The molecule has 0 aliphatic rings. The fraction of sp³-hybridized carbons (Fsp3) is 0.267. The zero-order valence-corrected chi connectivity index (χ0v) is 11.4. The highest BCUT2D eigenvalue weighted by Gasteiger charge is 2.14. The number of benzene rings is 1. The van der Waals surface area contributed by atoms with E-state index < -0.39 is 0 Å². The second-order valence-electron chi connectivity index (χ2n) is 4.52. The number of aromatic nitrogens is 1. The van der Waals surface area contributed by atoms with E-state index in [0.29, 0.717) is 23.8 Å². The van der Waals surface area contributed by atoms with Gasteiger partial charge >= 0.3 is 0 Å². The Kier molecular flexibility index (Phi) is 3.48. The minimum atomic E-state index is 0.485. The monoisotopic (exact) mass is 255 g/mol. The van der Waals surface area contributed by atoms with Crippen LogP contribution in [0.2, 0.25) is 0 Å². The van der Waals surface area contributed by atoms with Gasteiger partial charge in [0, 0.05) is 12.6 Å². The van der Waals surface area contributed by atoms with Crippen LogP contribution in [-0.2, 0) is 6.54 Å². The van der Waals surface area contributed by atoms with Crippen molar-refractivity contribution in [3.05, 3.63) is 41.1 Å². The van der Waals surface area contributed by atoms with E-state index in [1.165, 1.54) is 0 Å². The van der Waals surface area contributed by atoms with Gasteiger partial charge < -0.3 is 15.0 Å². The van der Waals surface area contributed by atoms with Crippen LogP contribution >= 0.6 is 0 Å². The summed E-state index contributed by atoms with van der Waals surface area (Å²) in [5, 5.41) is 9.07. The number of anilines is 1. The molecular formula is C15H17N3O. The second-order valence-corrected chi connectivity index (χ2v) is 4.52. The summed E-state index contributed by atoms with van der Waals surface area (Å²) < 4.78 is 7.69. The van der Waals surface area contributed by atoms with E-state index in [2.05, 4.69) is 6.07 Å². The van der Waals surface area contributed by atoms with Crippen LogP contribution < -0.4 is 10.5 Å². The number of nitrogens with two attached hydrogens (primary N) is 1. The van der Waals surface area contributed by atoms with Gasteiger partial charge in [-0.3, -0.25) is 0 Å². The summed E-state index contributed by atoms with van der Waals surface area (Å²) in [6.07, 6.45) is 0. The Morgan fingerprint density at radius 1 is 1.32 bits per heavy atom. The molecule has 0 saturated carbocycles. The molecule has 2 rings (SSSR count). The summed E-state index contributed by atoms with van der Waals surface area (Å²) in [7, 11) is 0. The number of rotatable bonds is 3. The van der Waals surface area contributed by atoms with Crippen molar-refractivity contribution in [1.29, 1.82) is 5.26 Å². The summed E-state index contributed by atoms with van der Waals surface area (Å²) in [6, 6.07) is 9.77. The second kappa shape index (κ2) is 5.07. The summed E-state index contributed by atoms with van der Waals surface area (Å²) in [5.74, 6) is 1.30. The first-order valence-corrected chi connectivity index (χ1v) is 6.21. The minimum Gasteiger partial charge on any atom is -0.438 e. The van der Waals surface area contributed by atoms with Crippen LogP contribution in [0.1, 0.15) is 23.7 Å². The fourth-order valence-electron chi connectivity index (χ4n) is 1.99. The van der Waals surface area contributed by atoms with Gasteiger partial charge in [0.2, 0.25) is 5.88 Å². The van der Waals surface area contributed by atoms with E-state index in [1.54, 1.807) is 10.6 Å². The molecule has 0 aliphatic carbocycles. The number of nitrogens with zero attached hydrogens (tertiary/aromatic N) is 2. The molecule has 4 nitrogen and oxygen atoms in total. The maximum Gasteiger partial charge on any atom is 0.224 e. The van der Waals surface area contributed by atoms with E-state index in [1.807, 2.05) is 39.0 Å². The first-order chi connectivity index (χ1) is 9.06. The lowest BCUT2D eigenvalue weighted by Gasteiger charge is -2.12. The van der Waals surface area contributed by atoms with Gasteiger partial charge in [-0.15, -0.1) is 0 Å². The number of hydrogen-bond donors (Lipinski definition) is 1. The van der Waals surface area contributed by atoms with E-state index >= 15 is 0 Å². The molecule has 0 amide bonds. The molecule has 0 aliphatic heterocycles. The van der Waals surface area contributed by atoms with Crippen molar-refractivity contribution in [2.45, 2.75) is 27.3 Å². The number of aryl methyl sites for hydroxylation is 2. The van der Waals surface area contributed by atoms with Gasteiger partial charge in [-0.1, -0.05) is 12.1 Å². The third-order valence-electron chi connectivity index (χ3n) is 3.06. The predicted octanol–water partition coefficient (Wildman–Crippen LogP) is 3.37. The van der Waals surface area contributed by atoms with Crippen LogP contribution in [0.3, 0.4) is 0 Å². The average molecular weight is 255 g/mol. The van der Waals surface area contributed by atoms with E-state index in [-0.39, 0.29) is 0 Å². The van der Waals surface area contributed by atoms with Gasteiger partial charge in [0.25, 0.3) is 0 Å². The number of hydrogen-bond acceptors (Lipinski definition) is 3. The smallest absolute Gasteiger partial charge is 0.224 e. The number of ether oxygens (including phenoxy) is 1. The van der Waals surface area contributed by atoms with Crippen LogP contribution in [0, 0.1) is 25.2 Å². The molecule has 1 aromatic heterocycles. The fourth-order valence-corrected chi connectivity index (χ4v) is 1.99. The zero-order valence-electron chi connectivity index (χ0n) is 11.4. The van der Waals surface area contributed by atoms with Gasteiger partial charge in [0.05, 0.1) is 5.69 Å². The molecule has 98 valence electrons. The number of nitrogen functional groups attached to an aromatic ring is 1. The molecule has 1 aromatic carbocycles. The molecule has 0 bridgehead atoms. The SMILES string of the molecule is CCn1c(C#N)cc(N)c1Oc1cc(C)ccc1C. The molecule has 0 spiro atoms. The summed E-state index contributed by atoms with van der Waals surface area (Å²) in [5.41, 5.74) is 9.09. The van der Waals surface area contributed by atoms with Crippen molar-refractivity contribution in [1.82, 2.24) is 4.57 Å². The van der Waals surface area contributed by atoms with E-state index in [0.717, 1.165) is 16.9 Å². The predicted molar refractivity (Wildman–Crippen MR) is 75.2 cm³/mol. The molecule has 0 radical (unpaired) electrons. The van der Waals surface area contributed by atoms with Crippen molar-refractivity contribution in [2.75, 3.05) is 5.73 Å². The Morgan fingerprint density at radius 3 is 2.68 bits per heavy atom. The molecule has 0 unspecified atom stereocenters. The maximum atomic E-state index is 9.07. The van der Waals surface area contributed by atoms with Gasteiger partial charge in [0.15, 0.2) is 0 Å². The summed E-state index contributed by atoms with van der Waals surface area (Å²) in [6.45, 7) is 6.58. The normalized spacial score (nSPS) is 10.2. The minimum absolute atomic E-state index is 0.485. The Morgan fingerprint density at radius 2 is 2.05 bits per heavy atom. The Labute approximate surface area is 113 Å². The standard InChI is InChI=1S/C15H17N3O/c1-4-18-12(9-16)8-13(17)15(18)19-14-7-10(2)5-6-11(14)3/h5-8H,4,17H2,1-3H3. The van der Waals surface area contributed by atoms with Crippen molar-refractivity contribution in [3.8, 4) is 17.7 Å². The van der Waals surface area contributed by atoms with E-state index in [4.69, 9.17) is 15.7 Å². The number of nitriles is 1. The van der Waals surface area contributed by atoms with Gasteiger partial charge in [-0.25, -0.2) is 0 Å². The molecule has 0 fully saturated rings. The quantitative estimate of drug-likeness (QED) is 0.914. The topological polar surface area (TPSA) is 64.0 Å².